The monoisotopic (exact) mass is 216 g/mol. The molecule has 0 aromatic heterocycles. The first-order valence-corrected chi connectivity index (χ1v) is 5.58. The van der Waals surface area contributed by atoms with Gasteiger partial charge in [-0.3, -0.25) is 4.79 Å². The number of ketones is 1. The summed E-state index contributed by atoms with van der Waals surface area (Å²) >= 11 is 0. The lowest BCUT2D eigenvalue weighted by molar-refractivity contribution is -0.118. The number of methoxy groups -OCH3 is 1. The zero-order valence-corrected chi connectivity index (χ0v) is 9.53. The van der Waals surface area contributed by atoms with Crippen LogP contribution in [0.3, 0.4) is 0 Å². The minimum absolute atomic E-state index is 0.347. The van der Waals surface area contributed by atoms with Gasteiger partial charge in [-0.1, -0.05) is 30.3 Å². The van der Waals surface area contributed by atoms with Gasteiger partial charge in [-0.15, -0.1) is 0 Å². The number of ether oxygens (including phenoxy) is 1. The van der Waals surface area contributed by atoms with Gasteiger partial charge < -0.3 is 4.74 Å². The van der Waals surface area contributed by atoms with Gasteiger partial charge in [-0.2, -0.15) is 0 Å². The number of hydrogen-bond acceptors (Lipinski definition) is 2. The Labute approximate surface area is 95.9 Å². The van der Waals surface area contributed by atoms with Crippen molar-refractivity contribution in [2.24, 2.45) is 0 Å². The third-order valence-corrected chi connectivity index (χ3v) is 2.89. The van der Waals surface area contributed by atoms with Gasteiger partial charge in [0, 0.05) is 20.0 Å². The third-order valence-electron chi connectivity index (χ3n) is 2.89. The molecule has 0 saturated heterocycles. The quantitative estimate of drug-likeness (QED) is 0.776. The van der Waals surface area contributed by atoms with Gasteiger partial charge in [-0.25, -0.2) is 0 Å². The molecule has 0 aliphatic heterocycles. The summed E-state index contributed by atoms with van der Waals surface area (Å²) in [6.07, 6.45) is 4.21. The molecule has 0 spiro atoms. The summed E-state index contributed by atoms with van der Waals surface area (Å²) in [5, 5.41) is 0. The molecular weight excluding hydrogens is 200 g/mol. The first-order chi connectivity index (χ1) is 7.79. The van der Waals surface area contributed by atoms with Crippen LogP contribution in [-0.4, -0.2) is 12.9 Å². The average molecular weight is 216 g/mol. The van der Waals surface area contributed by atoms with Crippen molar-refractivity contribution in [3.05, 3.63) is 41.5 Å². The fourth-order valence-electron chi connectivity index (χ4n) is 1.96. The standard InChI is InChI=1S/C14H16O2/c1-16-10-11-2-4-12(5-3-11)13-6-8-14(15)9-7-13/h2-6H,7-10H2,1H3. The van der Waals surface area contributed by atoms with Crippen LogP contribution in [0.25, 0.3) is 5.57 Å². The number of allylic oxidation sites excluding steroid dienone is 2. The van der Waals surface area contributed by atoms with Crippen LogP contribution in [0.5, 0.6) is 0 Å². The molecule has 0 radical (unpaired) electrons. The van der Waals surface area contributed by atoms with Crippen LogP contribution in [0.1, 0.15) is 30.4 Å². The Bertz CT molecular complexity index is 401. The zero-order valence-electron chi connectivity index (χ0n) is 9.53. The van der Waals surface area contributed by atoms with Crippen LogP contribution in [0, 0.1) is 0 Å². The predicted molar refractivity (Wildman–Crippen MR) is 64.0 cm³/mol. The predicted octanol–water partition coefficient (Wildman–Crippen LogP) is 2.97. The Morgan fingerprint density at radius 3 is 2.50 bits per heavy atom. The van der Waals surface area contributed by atoms with Gasteiger partial charge in [0.05, 0.1) is 6.61 Å². The van der Waals surface area contributed by atoms with E-state index in [1.807, 2.05) is 0 Å². The van der Waals surface area contributed by atoms with Crippen molar-refractivity contribution < 1.29 is 9.53 Å². The maximum Gasteiger partial charge on any atom is 0.137 e. The Balaban J connectivity index is 2.12. The number of carbonyl (C=O) groups is 1. The minimum Gasteiger partial charge on any atom is -0.380 e. The van der Waals surface area contributed by atoms with Gasteiger partial charge >= 0.3 is 0 Å². The molecule has 0 saturated carbocycles. The molecule has 16 heavy (non-hydrogen) atoms. The highest BCUT2D eigenvalue weighted by Crippen LogP contribution is 2.25. The zero-order chi connectivity index (χ0) is 11.4. The molecule has 2 heteroatoms. The Morgan fingerprint density at radius 1 is 1.19 bits per heavy atom. The molecule has 0 atom stereocenters. The van der Waals surface area contributed by atoms with Gasteiger partial charge in [-0.05, 0) is 23.1 Å². The molecule has 2 rings (SSSR count). The summed E-state index contributed by atoms with van der Waals surface area (Å²) < 4.78 is 5.07. The molecule has 1 aliphatic carbocycles. The van der Waals surface area contributed by atoms with Crippen LogP contribution in [0.2, 0.25) is 0 Å². The number of carbonyl (C=O) groups excluding carboxylic acids is 1. The summed E-state index contributed by atoms with van der Waals surface area (Å²) in [6, 6.07) is 8.37. The lowest BCUT2D eigenvalue weighted by Crippen LogP contribution is -2.03. The first kappa shape index (κ1) is 11.1. The SMILES string of the molecule is COCc1ccc(C2=CCC(=O)CC2)cc1. The van der Waals surface area contributed by atoms with Crippen molar-refractivity contribution in [2.75, 3.05) is 7.11 Å². The lowest BCUT2D eigenvalue weighted by atomic mass is 9.92. The Kier molecular flexibility index (Phi) is 3.52. The molecule has 1 aliphatic rings. The molecule has 84 valence electrons. The molecule has 0 fully saturated rings. The highest BCUT2D eigenvalue weighted by atomic mass is 16.5. The maximum absolute atomic E-state index is 11.1. The molecule has 0 N–H and O–H groups in total. The number of hydrogen-bond donors (Lipinski definition) is 0. The first-order valence-electron chi connectivity index (χ1n) is 5.58. The maximum atomic E-state index is 11.1. The van der Waals surface area contributed by atoms with E-state index in [0.29, 0.717) is 25.2 Å². The molecule has 0 amide bonds. The summed E-state index contributed by atoms with van der Waals surface area (Å²) in [4.78, 5) is 11.1. The van der Waals surface area contributed by atoms with Crippen LogP contribution in [-0.2, 0) is 16.1 Å². The lowest BCUT2D eigenvalue weighted by Gasteiger charge is -2.12. The molecule has 2 nitrogen and oxygen atoms in total. The fraction of sp³-hybridized carbons (Fsp3) is 0.357. The van der Waals surface area contributed by atoms with Crippen LogP contribution in [0.4, 0.5) is 0 Å². The second-order valence-electron chi connectivity index (χ2n) is 4.10. The molecule has 1 aromatic carbocycles. The number of benzene rings is 1. The largest absolute Gasteiger partial charge is 0.380 e. The van der Waals surface area contributed by atoms with E-state index in [4.69, 9.17) is 4.74 Å². The number of Topliss-reactive ketones (excluding diaryl/α,β-unsaturated/α-hetero) is 1. The van der Waals surface area contributed by atoms with E-state index in [9.17, 15) is 4.79 Å². The van der Waals surface area contributed by atoms with Gasteiger partial charge in [0.15, 0.2) is 0 Å². The second kappa shape index (κ2) is 5.08. The van der Waals surface area contributed by atoms with Crippen LogP contribution < -0.4 is 0 Å². The van der Waals surface area contributed by atoms with Crippen molar-refractivity contribution in [3.63, 3.8) is 0 Å². The van der Waals surface area contributed by atoms with E-state index >= 15 is 0 Å². The van der Waals surface area contributed by atoms with Crippen molar-refractivity contribution in [2.45, 2.75) is 25.9 Å². The van der Waals surface area contributed by atoms with E-state index in [1.54, 1.807) is 7.11 Å². The van der Waals surface area contributed by atoms with Gasteiger partial charge in [0.1, 0.15) is 5.78 Å². The van der Waals surface area contributed by atoms with Gasteiger partial charge in [0.25, 0.3) is 0 Å². The van der Waals surface area contributed by atoms with Crippen molar-refractivity contribution in [1.82, 2.24) is 0 Å². The van der Waals surface area contributed by atoms with E-state index in [-0.39, 0.29) is 0 Å². The molecule has 0 unspecified atom stereocenters. The summed E-state index contributed by atoms with van der Waals surface area (Å²) in [5.41, 5.74) is 3.70. The van der Waals surface area contributed by atoms with Crippen molar-refractivity contribution >= 4 is 11.4 Å². The third kappa shape index (κ3) is 2.58. The summed E-state index contributed by atoms with van der Waals surface area (Å²) in [6.45, 7) is 0.651. The van der Waals surface area contributed by atoms with E-state index in [1.165, 1.54) is 16.7 Å². The topological polar surface area (TPSA) is 26.3 Å². The molecule has 1 aromatic rings. The average Bonchev–Trinajstić information content (AvgIpc) is 2.32. The highest BCUT2D eigenvalue weighted by molar-refractivity contribution is 5.86. The highest BCUT2D eigenvalue weighted by Gasteiger charge is 2.11. The van der Waals surface area contributed by atoms with E-state index in [0.717, 1.165) is 6.42 Å². The van der Waals surface area contributed by atoms with Gasteiger partial charge in [0.2, 0.25) is 0 Å². The van der Waals surface area contributed by atoms with E-state index < -0.39 is 0 Å². The fourth-order valence-corrected chi connectivity index (χ4v) is 1.96. The minimum atomic E-state index is 0.347. The van der Waals surface area contributed by atoms with E-state index in [2.05, 4.69) is 30.3 Å². The smallest absolute Gasteiger partial charge is 0.137 e. The summed E-state index contributed by atoms with van der Waals surface area (Å²) in [5.74, 6) is 0.347. The van der Waals surface area contributed by atoms with Crippen LogP contribution >= 0.6 is 0 Å². The van der Waals surface area contributed by atoms with Crippen molar-refractivity contribution in [3.8, 4) is 0 Å². The molecule has 0 bridgehead atoms. The molecular formula is C14H16O2. The number of rotatable bonds is 3. The van der Waals surface area contributed by atoms with Crippen molar-refractivity contribution in [1.29, 1.82) is 0 Å². The normalized spacial score (nSPS) is 16.1. The Morgan fingerprint density at radius 2 is 1.94 bits per heavy atom. The summed E-state index contributed by atoms with van der Waals surface area (Å²) in [7, 11) is 1.70. The second-order valence-corrected chi connectivity index (χ2v) is 4.10. The van der Waals surface area contributed by atoms with Crippen LogP contribution in [0.15, 0.2) is 30.3 Å². The Hall–Kier alpha value is -1.41. The molecule has 0 heterocycles.